The fourth-order valence-electron chi connectivity index (χ4n) is 2.66. The number of benzene rings is 2. The van der Waals surface area contributed by atoms with Crippen LogP contribution >= 0.6 is 0 Å². The molecule has 2 aromatic carbocycles. The van der Waals surface area contributed by atoms with E-state index >= 15 is 0 Å². The van der Waals surface area contributed by atoms with E-state index in [0.29, 0.717) is 11.3 Å². The molecule has 0 atom stereocenters. The van der Waals surface area contributed by atoms with Crippen LogP contribution in [0, 0.1) is 0 Å². The van der Waals surface area contributed by atoms with Crippen molar-refractivity contribution in [1.29, 1.82) is 0 Å². The standard InChI is InChI=1S/C20H19F2N3O4/c1-13-10-11-25(24-13)16-6-2-14(3-7-16)19(27)28-12-18(26)23-15-4-8-17(9-5-15)29-20(21)22/h2-9,20H,10-12H2,1H3,(H,23,26). The van der Waals surface area contributed by atoms with E-state index in [0.717, 1.165) is 24.4 Å². The zero-order valence-corrected chi connectivity index (χ0v) is 15.6. The minimum atomic E-state index is -2.92. The first-order valence-corrected chi connectivity index (χ1v) is 8.84. The highest BCUT2D eigenvalue weighted by Gasteiger charge is 2.15. The second-order valence-electron chi connectivity index (χ2n) is 6.28. The molecule has 1 heterocycles. The van der Waals surface area contributed by atoms with Gasteiger partial charge in [0.05, 0.1) is 11.3 Å². The van der Waals surface area contributed by atoms with E-state index in [2.05, 4.69) is 15.2 Å². The number of anilines is 2. The Morgan fingerprint density at radius 1 is 1.14 bits per heavy atom. The van der Waals surface area contributed by atoms with Crippen LogP contribution in [-0.2, 0) is 9.53 Å². The summed E-state index contributed by atoms with van der Waals surface area (Å²) in [6.07, 6.45) is 0.904. The molecular weight excluding hydrogens is 384 g/mol. The Morgan fingerprint density at radius 2 is 1.83 bits per heavy atom. The van der Waals surface area contributed by atoms with E-state index in [1.54, 1.807) is 24.3 Å². The third-order valence-corrected chi connectivity index (χ3v) is 4.08. The quantitative estimate of drug-likeness (QED) is 0.714. The lowest BCUT2D eigenvalue weighted by Crippen LogP contribution is -2.21. The van der Waals surface area contributed by atoms with Crippen molar-refractivity contribution in [2.75, 3.05) is 23.5 Å². The Labute approximate surface area is 165 Å². The number of amides is 1. The number of esters is 1. The van der Waals surface area contributed by atoms with Crippen LogP contribution in [0.25, 0.3) is 0 Å². The van der Waals surface area contributed by atoms with Crippen molar-refractivity contribution in [3.63, 3.8) is 0 Å². The molecule has 1 aliphatic rings. The van der Waals surface area contributed by atoms with E-state index in [9.17, 15) is 18.4 Å². The van der Waals surface area contributed by atoms with Crippen LogP contribution in [0.15, 0.2) is 53.6 Å². The lowest BCUT2D eigenvalue weighted by Gasteiger charge is -2.13. The lowest BCUT2D eigenvalue weighted by atomic mass is 10.2. The Balaban J connectivity index is 1.48. The summed E-state index contributed by atoms with van der Waals surface area (Å²) in [6.45, 7) is -0.644. The normalized spacial score (nSPS) is 13.2. The van der Waals surface area contributed by atoms with Crippen molar-refractivity contribution < 1.29 is 27.8 Å². The molecule has 1 aliphatic heterocycles. The fourth-order valence-corrected chi connectivity index (χ4v) is 2.66. The monoisotopic (exact) mass is 403 g/mol. The van der Waals surface area contributed by atoms with Gasteiger partial charge in [-0.15, -0.1) is 0 Å². The number of alkyl halides is 2. The number of halogens is 2. The summed E-state index contributed by atoms with van der Waals surface area (Å²) in [6, 6.07) is 12.1. The number of hydrazone groups is 1. The summed E-state index contributed by atoms with van der Waals surface area (Å²) < 4.78 is 33.5. The Morgan fingerprint density at radius 3 is 2.41 bits per heavy atom. The molecule has 0 saturated carbocycles. The fraction of sp³-hybridized carbons (Fsp3) is 0.250. The molecule has 1 amide bonds. The maximum absolute atomic E-state index is 12.1. The van der Waals surface area contributed by atoms with Crippen LogP contribution in [0.3, 0.4) is 0 Å². The van der Waals surface area contributed by atoms with Gasteiger partial charge in [0.2, 0.25) is 0 Å². The van der Waals surface area contributed by atoms with Gasteiger partial charge in [-0.1, -0.05) is 0 Å². The molecule has 0 aromatic heterocycles. The molecule has 0 spiro atoms. The number of carbonyl (C=O) groups is 2. The molecule has 0 fully saturated rings. The molecule has 29 heavy (non-hydrogen) atoms. The summed E-state index contributed by atoms with van der Waals surface area (Å²) in [7, 11) is 0. The van der Waals surface area contributed by atoms with Gasteiger partial charge in [-0.05, 0) is 55.5 Å². The molecule has 152 valence electrons. The summed E-state index contributed by atoms with van der Waals surface area (Å²) in [5, 5.41) is 8.74. The molecule has 3 rings (SSSR count). The third-order valence-electron chi connectivity index (χ3n) is 4.08. The topological polar surface area (TPSA) is 80.2 Å². The minimum absolute atomic E-state index is 0.0253. The first-order valence-electron chi connectivity index (χ1n) is 8.84. The Hall–Kier alpha value is -3.49. The number of nitrogens with zero attached hydrogens (tertiary/aromatic N) is 2. The van der Waals surface area contributed by atoms with Crippen molar-refractivity contribution in [1.82, 2.24) is 0 Å². The van der Waals surface area contributed by atoms with Crippen LogP contribution in [0.2, 0.25) is 0 Å². The van der Waals surface area contributed by atoms with Crippen molar-refractivity contribution in [2.24, 2.45) is 5.10 Å². The van der Waals surface area contributed by atoms with Crippen LogP contribution in [0.5, 0.6) is 5.75 Å². The molecule has 0 radical (unpaired) electrons. The smallest absolute Gasteiger partial charge is 0.387 e. The van der Waals surface area contributed by atoms with Crippen molar-refractivity contribution >= 4 is 29.0 Å². The van der Waals surface area contributed by atoms with Gasteiger partial charge >= 0.3 is 12.6 Å². The summed E-state index contributed by atoms with van der Waals surface area (Å²) >= 11 is 0. The second-order valence-corrected chi connectivity index (χ2v) is 6.28. The largest absolute Gasteiger partial charge is 0.452 e. The van der Waals surface area contributed by atoms with E-state index in [4.69, 9.17) is 4.74 Å². The molecule has 7 nitrogen and oxygen atoms in total. The van der Waals surface area contributed by atoms with Gasteiger partial charge in [0.25, 0.3) is 5.91 Å². The van der Waals surface area contributed by atoms with Gasteiger partial charge in [0, 0.05) is 24.4 Å². The zero-order valence-electron chi connectivity index (χ0n) is 15.6. The van der Waals surface area contributed by atoms with Crippen molar-refractivity contribution in [3.8, 4) is 5.75 Å². The van der Waals surface area contributed by atoms with Crippen molar-refractivity contribution in [3.05, 3.63) is 54.1 Å². The average Bonchev–Trinajstić information content (AvgIpc) is 3.14. The molecular formula is C20H19F2N3O4. The molecule has 9 heteroatoms. The number of hydrogen-bond donors (Lipinski definition) is 1. The molecule has 0 saturated heterocycles. The SMILES string of the molecule is CC1=NN(c2ccc(C(=O)OCC(=O)Nc3ccc(OC(F)F)cc3)cc2)CC1. The van der Waals surface area contributed by atoms with Crippen LogP contribution in [-0.4, -0.2) is 37.4 Å². The highest BCUT2D eigenvalue weighted by molar-refractivity contribution is 5.95. The third kappa shape index (κ3) is 5.74. The number of carbonyl (C=O) groups excluding carboxylic acids is 2. The predicted molar refractivity (Wildman–Crippen MR) is 104 cm³/mol. The van der Waals surface area contributed by atoms with Gasteiger partial charge in [-0.25, -0.2) is 4.79 Å². The van der Waals surface area contributed by atoms with Crippen LogP contribution < -0.4 is 15.1 Å². The molecule has 2 aromatic rings. The van der Waals surface area contributed by atoms with Gasteiger partial charge in [0.1, 0.15) is 5.75 Å². The van der Waals surface area contributed by atoms with Gasteiger partial charge < -0.3 is 14.8 Å². The summed E-state index contributed by atoms with van der Waals surface area (Å²) in [5.41, 5.74) is 2.60. The predicted octanol–water partition coefficient (Wildman–Crippen LogP) is 3.67. The summed E-state index contributed by atoms with van der Waals surface area (Å²) in [5.74, 6) is -1.21. The summed E-state index contributed by atoms with van der Waals surface area (Å²) in [4.78, 5) is 24.0. The number of nitrogens with one attached hydrogen (secondary N) is 1. The Bertz CT molecular complexity index is 899. The van der Waals surface area contributed by atoms with Gasteiger partial charge in [-0.2, -0.15) is 13.9 Å². The zero-order chi connectivity index (χ0) is 20.8. The lowest BCUT2D eigenvalue weighted by molar-refractivity contribution is -0.119. The molecule has 0 unspecified atom stereocenters. The maximum atomic E-state index is 12.1. The van der Waals surface area contributed by atoms with E-state index < -0.39 is 25.1 Å². The van der Waals surface area contributed by atoms with Crippen LogP contribution in [0.4, 0.5) is 20.2 Å². The van der Waals surface area contributed by atoms with E-state index in [-0.39, 0.29) is 5.75 Å². The van der Waals surface area contributed by atoms with Crippen LogP contribution in [0.1, 0.15) is 23.7 Å². The average molecular weight is 403 g/mol. The number of ether oxygens (including phenoxy) is 2. The van der Waals surface area contributed by atoms with E-state index in [1.807, 2.05) is 11.9 Å². The van der Waals surface area contributed by atoms with Crippen molar-refractivity contribution in [2.45, 2.75) is 20.0 Å². The highest BCUT2D eigenvalue weighted by Crippen LogP contribution is 2.20. The highest BCUT2D eigenvalue weighted by atomic mass is 19.3. The number of hydrogen-bond acceptors (Lipinski definition) is 6. The Kier molecular flexibility index (Phi) is 6.38. The molecule has 0 aliphatic carbocycles. The van der Waals surface area contributed by atoms with E-state index in [1.165, 1.54) is 24.3 Å². The molecule has 1 N–H and O–H groups in total. The van der Waals surface area contributed by atoms with Gasteiger partial charge in [0.15, 0.2) is 6.61 Å². The first-order chi connectivity index (χ1) is 13.9. The maximum Gasteiger partial charge on any atom is 0.387 e. The number of rotatable bonds is 7. The minimum Gasteiger partial charge on any atom is -0.452 e. The second kappa shape index (κ2) is 9.13. The van der Waals surface area contributed by atoms with Gasteiger partial charge in [-0.3, -0.25) is 9.80 Å². The first kappa shape index (κ1) is 20.2. The molecule has 0 bridgehead atoms.